The van der Waals surface area contributed by atoms with E-state index in [1.165, 1.54) is 11.9 Å². The summed E-state index contributed by atoms with van der Waals surface area (Å²) in [6, 6.07) is 6.72. The van der Waals surface area contributed by atoms with Crippen LogP contribution in [0.5, 0.6) is 5.75 Å². The molecule has 2 N–H and O–H groups in total. The van der Waals surface area contributed by atoms with Crippen molar-refractivity contribution >= 4 is 38.2 Å². The van der Waals surface area contributed by atoms with Crippen LogP contribution in [0.3, 0.4) is 0 Å². The van der Waals surface area contributed by atoms with Crippen molar-refractivity contribution in [3.8, 4) is 5.75 Å². The van der Waals surface area contributed by atoms with Crippen LogP contribution in [0.2, 0.25) is 0 Å². The molecule has 2 rings (SSSR count). The molecule has 0 unspecified atom stereocenters. The molecule has 1 heterocycles. The van der Waals surface area contributed by atoms with Gasteiger partial charge >= 0.3 is 6.03 Å². The van der Waals surface area contributed by atoms with Gasteiger partial charge < -0.3 is 15.0 Å². The van der Waals surface area contributed by atoms with Crippen LogP contribution in [0.4, 0.5) is 15.6 Å². The summed E-state index contributed by atoms with van der Waals surface area (Å²) in [5.74, 6) is 0.733. The van der Waals surface area contributed by atoms with Crippen LogP contribution >= 0.6 is 11.3 Å². The van der Waals surface area contributed by atoms with E-state index >= 15 is 0 Å². The molecule has 9 nitrogen and oxygen atoms in total. The van der Waals surface area contributed by atoms with Crippen molar-refractivity contribution in [2.75, 3.05) is 51.1 Å². The average molecular weight is 456 g/mol. The molecule has 0 bridgehead atoms. The summed E-state index contributed by atoms with van der Waals surface area (Å²) in [7, 11) is 1.50. The van der Waals surface area contributed by atoms with Gasteiger partial charge in [-0.3, -0.25) is 4.90 Å². The lowest BCUT2D eigenvalue weighted by molar-refractivity contribution is 0.256. The van der Waals surface area contributed by atoms with Gasteiger partial charge in [-0.25, -0.2) is 22.9 Å². The molecule has 30 heavy (non-hydrogen) atoms. The highest BCUT2D eigenvalue weighted by atomic mass is 32.2. The number of rotatable bonds is 10. The quantitative estimate of drug-likeness (QED) is 0.571. The smallest absolute Gasteiger partial charge is 0.328 e. The zero-order valence-electron chi connectivity index (χ0n) is 17.9. The van der Waals surface area contributed by atoms with Crippen LogP contribution in [0.15, 0.2) is 28.5 Å². The largest absolute Gasteiger partial charge is 0.494 e. The number of ether oxygens (including phenoxy) is 1. The second-order valence-corrected chi connectivity index (χ2v) is 9.89. The molecule has 0 saturated carbocycles. The fourth-order valence-corrected chi connectivity index (χ4v) is 4.81. The summed E-state index contributed by atoms with van der Waals surface area (Å²) in [5.41, 5.74) is 0.958. The number of carbonyl (C=O) groups is 1. The van der Waals surface area contributed by atoms with E-state index in [4.69, 9.17) is 4.74 Å². The molecule has 0 spiro atoms. The van der Waals surface area contributed by atoms with Crippen molar-refractivity contribution in [3.05, 3.63) is 30.0 Å². The Morgan fingerprint density at radius 1 is 1.20 bits per heavy atom. The summed E-state index contributed by atoms with van der Waals surface area (Å²) in [4.78, 5) is 20.7. The SMILES string of the molecule is CCCOc1ccc(NC(=O)N(CCN(C)C)c2nc(C)c(S(=O)(=O)NC)s2)cc1. The van der Waals surface area contributed by atoms with Crippen LogP contribution < -0.4 is 19.7 Å². The number of aromatic nitrogens is 1. The summed E-state index contributed by atoms with van der Waals surface area (Å²) < 4.78 is 32.4. The first-order valence-corrected chi connectivity index (χ1v) is 11.8. The molecule has 0 fully saturated rings. The van der Waals surface area contributed by atoms with Crippen LogP contribution in [0, 0.1) is 6.92 Å². The number of sulfonamides is 1. The highest BCUT2D eigenvalue weighted by molar-refractivity contribution is 7.91. The van der Waals surface area contributed by atoms with Crippen LogP contribution in [-0.4, -0.2) is 65.2 Å². The first-order chi connectivity index (χ1) is 14.2. The Bertz CT molecular complexity index is 942. The Labute approximate surface area is 182 Å². The Morgan fingerprint density at radius 2 is 1.87 bits per heavy atom. The van der Waals surface area contributed by atoms with E-state index in [2.05, 4.69) is 15.0 Å². The lowest BCUT2D eigenvalue weighted by Gasteiger charge is -2.22. The molecule has 2 aromatic rings. The van der Waals surface area contributed by atoms with Gasteiger partial charge in [0.15, 0.2) is 9.34 Å². The number of anilines is 2. The Hall–Kier alpha value is -2.21. The molecule has 11 heteroatoms. The van der Waals surface area contributed by atoms with Crippen molar-refractivity contribution in [1.29, 1.82) is 0 Å². The van der Waals surface area contributed by atoms with Gasteiger partial charge in [0.05, 0.1) is 12.3 Å². The lowest BCUT2D eigenvalue weighted by Crippen LogP contribution is -2.39. The van der Waals surface area contributed by atoms with E-state index in [-0.39, 0.29) is 10.2 Å². The maximum atomic E-state index is 13.0. The minimum absolute atomic E-state index is 0.0973. The molecule has 0 aliphatic rings. The van der Waals surface area contributed by atoms with Crippen LogP contribution in [0.25, 0.3) is 0 Å². The third-order valence-corrected chi connectivity index (χ3v) is 7.29. The number of hydrogen-bond donors (Lipinski definition) is 2. The number of benzene rings is 1. The predicted octanol–water partition coefficient (Wildman–Crippen LogP) is 2.75. The van der Waals surface area contributed by atoms with Crippen molar-refractivity contribution in [2.45, 2.75) is 24.5 Å². The Balaban J connectivity index is 2.24. The van der Waals surface area contributed by atoms with E-state index in [9.17, 15) is 13.2 Å². The normalized spacial score (nSPS) is 11.5. The topological polar surface area (TPSA) is 104 Å². The number of carbonyl (C=O) groups excluding carboxylic acids is 1. The maximum Gasteiger partial charge on any atom is 0.328 e. The molecular weight excluding hydrogens is 426 g/mol. The molecule has 0 radical (unpaired) electrons. The predicted molar refractivity (Wildman–Crippen MR) is 120 cm³/mol. The summed E-state index contributed by atoms with van der Waals surface area (Å²) in [6.45, 7) is 5.21. The molecule has 1 aromatic heterocycles. The minimum atomic E-state index is -3.65. The maximum absolute atomic E-state index is 13.0. The molecule has 1 aromatic carbocycles. The number of hydrogen-bond acceptors (Lipinski definition) is 7. The zero-order valence-corrected chi connectivity index (χ0v) is 19.6. The third kappa shape index (κ3) is 6.39. The van der Waals surface area contributed by atoms with Gasteiger partial charge in [0.2, 0.25) is 0 Å². The summed E-state index contributed by atoms with van der Waals surface area (Å²) in [5, 5.41) is 3.17. The van der Waals surface area contributed by atoms with Crippen molar-refractivity contribution in [1.82, 2.24) is 14.6 Å². The number of aryl methyl sites for hydroxylation is 1. The van der Waals surface area contributed by atoms with Gasteiger partial charge in [0.25, 0.3) is 10.0 Å². The van der Waals surface area contributed by atoms with E-state index < -0.39 is 10.0 Å². The van der Waals surface area contributed by atoms with Crippen LogP contribution in [0.1, 0.15) is 19.0 Å². The molecule has 0 saturated heterocycles. The third-order valence-electron chi connectivity index (χ3n) is 4.08. The highest BCUT2D eigenvalue weighted by Crippen LogP contribution is 2.30. The van der Waals surface area contributed by atoms with Crippen molar-refractivity contribution in [3.63, 3.8) is 0 Å². The molecule has 166 valence electrons. The van der Waals surface area contributed by atoms with Crippen LogP contribution in [-0.2, 0) is 10.0 Å². The van der Waals surface area contributed by atoms with Gasteiger partial charge in [-0.2, -0.15) is 0 Å². The van der Waals surface area contributed by atoms with Gasteiger partial charge in [-0.15, -0.1) is 0 Å². The standard InChI is InChI=1S/C19H29N5O4S2/c1-6-13-28-16-9-7-15(8-10-16)22-18(25)24(12-11-23(4)5)19-21-14(2)17(29-19)30(26,27)20-3/h7-10,20H,6,11-13H2,1-5H3,(H,22,25). The monoisotopic (exact) mass is 455 g/mol. The second-order valence-electron chi connectivity index (χ2n) is 6.83. The highest BCUT2D eigenvalue weighted by Gasteiger charge is 2.25. The fourth-order valence-electron chi connectivity index (χ4n) is 2.46. The van der Waals surface area contributed by atoms with Crippen molar-refractivity contribution < 1.29 is 17.9 Å². The molecule has 0 atom stereocenters. The van der Waals surface area contributed by atoms with E-state index in [1.807, 2.05) is 25.9 Å². The van der Waals surface area contributed by atoms with Gasteiger partial charge in [0, 0.05) is 18.8 Å². The fraction of sp³-hybridized carbons (Fsp3) is 0.474. The summed E-state index contributed by atoms with van der Waals surface area (Å²) >= 11 is 0.966. The van der Waals surface area contributed by atoms with Gasteiger partial charge in [-0.05, 0) is 58.8 Å². The number of amides is 2. The van der Waals surface area contributed by atoms with E-state index in [1.54, 1.807) is 31.2 Å². The molecule has 2 amide bonds. The van der Waals surface area contributed by atoms with E-state index in [0.717, 1.165) is 23.5 Å². The minimum Gasteiger partial charge on any atom is -0.494 e. The molecule has 0 aliphatic heterocycles. The second kappa shape index (κ2) is 10.7. The summed E-state index contributed by atoms with van der Waals surface area (Å²) in [6.07, 6.45) is 0.914. The van der Waals surface area contributed by atoms with Gasteiger partial charge in [0.1, 0.15) is 5.75 Å². The number of urea groups is 1. The zero-order chi connectivity index (χ0) is 22.3. The molecule has 0 aliphatic carbocycles. The number of nitrogens with one attached hydrogen (secondary N) is 2. The number of likely N-dealkylation sites (N-methyl/N-ethyl adjacent to an activating group) is 1. The Kier molecular flexibility index (Phi) is 8.59. The number of thiazole rings is 1. The Morgan fingerprint density at radius 3 is 2.43 bits per heavy atom. The first-order valence-electron chi connectivity index (χ1n) is 9.55. The first kappa shape index (κ1) is 24.1. The average Bonchev–Trinajstić information content (AvgIpc) is 3.09. The lowest BCUT2D eigenvalue weighted by atomic mass is 10.3. The van der Waals surface area contributed by atoms with Gasteiger partial charge in [-0.1, -0.05) is 18.3 Å². The van der Waals surface area contributed by atoms with Crippen molar-refractivity contribution in [2.24, 2.45) is 0 Å². The molecular formula is C19H29N5O4S2. The number of nitrogens with zero attached hydrogens (tertiary/aromatic N) is 3. The van der Waals surface area contributed by atoms with E-state index in [0.29, 0.717) is 36.2 Å².